The summed E-state index contributed by atoms with van der Waals surface area (Å²) in [7, 11) is 0. The molecule has 0 amide bonds. The smallest absolute Gasteiger partial charge is 0.338 e. The number of hydrogen-bond acceptors (Lipinski definition) is 6. The predicted octanol–water partition coefficient (Wildman–Crippen LogP) is 5.88. The maximum Gasteiger partial charge on any atom is 0.338 e. The van der Waals surface area contributed by atoms with E-state index in [9.17, 15) is 4.79 Å². The molecule has 1 heterocycles. The fourth-order valence-corrected chi connectivity index (χ4v) is 5.10. The van der Waals surface area contributed by atoms with Gasteiger partial charge in [0.05, 0.1) is 24.9 Å². The highest BCUT2D eigenvalue weighted by Gasteiger charge is 2.48. The van der Waals surface area contributed by atoms with Gasteiger partial charge in [-0.2, -0.15) is 0 Å². The Kier molecular flexibility index (Phi) is 9.37. The van der Waals surface area contributed by atoms with Gasteiger partial charge < -0.3 is 18.9 Å². The molecule has 5 atom stereocenters. The fourth-order valence-electron chi connectivity index (χ4n) is 4.10. The van der Waals surface area contributed by atoms with Gasteiger partial charge in [-0.3, -0.25) is 0 Å². The van der Waals surface area contributed by atoms with E-state index in [0.29, 0.717) is 18.8 Å². The van der Waals surface area contributed by atoms with Crippen molar-refractivity contribution in [2.24, 2.45) is 0 Å². The van der Waals surface area contributed by atoms with Crippen LogP contribution in [0.15, 0.2) is 91.0 Å². The van der Waals surface area contributed by atoms with Gasteiger partial charge in [0.25, 0.3) is 0 Å². The average molecular weight is 493 g/mol. The van der Waals surface area contributed by atoms with Gasteiger partial charge in [0, 0.05) is 0 Å². The standard InChI is InChI=1S/C29H32O5S/c1-3-35-29-27(32-20-23-15-9-5-10-16-23)26(31-19-22-13-7-4-8-14-22)25(21(2)33-29)34-28(30)24-17-11-6-12-18-24/h4-18,21,25-27,29H,3,19-20H2,1-2H3/t21-,25+,26+,27-,29+/m0/s1. The van der Waals surface area contributed by atoms with Crippen molar-refractivity contribution >= 4 is 17.7 Å². The van der Waals surface area contributed by atoms with Crippen molar-refractivity contribution in [2.75, 3.05) is 5.75 Å². The first-order chi connectivity index (χ1) is 17.2. The van der Waals surface area contributed by atoms with Gasteiger partial charge in [-0.1, -0.05) is 85.8 Å². The second kappa shape index (κ2) is 12.9. The van der Waals surface area contributed by atoms with Crippen LogP contribution in [0.2, 0.25) is 0 Å². The van der Waals surface area contributed by atoms with Crippen molar-refractivity contribution in [3.8, 4) is 0 Å². The highest BCUT2D eigenvalue weighted by molar-refractivity contribution is 7.99. The summed E-state index contributed by atoms with van der Waals surface area (Å²) >= 11 is 1.67. The molecule has 0 saturated carbocycles. The average Bonchev–Trinajstić information content (AvgIpc) is 2.90. The molecule has 0 bridgehead atoms. The van der Waals surface area contributed by atoms with Gasteiger partial charge in [0.1, 0.15) is 17.6 Å². The Bertz CT molecular complexity index is 1030. The van der Waals surface area contributed by atoms with E-state index in [4.69, 9.17) is 18.9 Å². The van der Waals surface area contributed by atoms with Crippen LogP contribution in [0.3, 0.4) is 0 Å². The van der Waals surface area contributed by atoms with Gasteiger partial charge in [-0.15, -0.1) is 11.8 Å². The summed E-state index contributed by atoms with van der Waals surface area (Å²) in [5, 5.41) is 0. The van der Waals surface area contributed by atoms with E-state index in [0.717, 1.165) is 16.9 Å². The number of ether oxygens (including phenoxy) is 4. The molecule has 0 radical (unpaired) electrons. The third-order valence-electron chi connectivity index (χ3n) is 5.88. The fraction of sp³-hybridized carbons (Fsp3) is 0.345. The summed E-state index contributed by atoms with van der Waals surface area (Å²) in [6, 6.07) is 29.0. The Balaban J connectivity index is 1.59. The molecule has 35 heavy (non-hydrogen) atoms. The molecule has 0 unspecified atom stereocenters. The molecular formula is C29H32O5S. The van der Waals surface area contributed by atoms with Crippen LogP contribution in [0.4, 0.5) is 0 Å². The van der Waals surface area contributed by atoms with E-state index in [-0.39, 0.29) is 11.5 Å². The third-order valence-corrected chi connectivity index (χ3v) is 6.92. The van der Waals surface area contributed by atoms with Crippen LogP contribution in [0.5, 0.6) is 0 Å². The summed E-state index contributed by atoms with van der Waals surface area (Å²) in [5.41, 5.74) is 2.35. The van der Waals surface area contributed by atoms with Crippen molar-refractivity contribution < 1.29 is 23.7 Å². The topological polar surface area (TPSA) is 54.0 Å². The van der Waals surface area contributed by atoms with E-state index >= 15 is 0 Å². The summed E-state index contributed by atoms with van der Waals surface area (Å²) < 4.78 is 25.3. The van der Waals surface area contributed by atoms with Crippen LogP contribution in [0.1, 0.15) is 35.3 Å². The molecular weight excluding hydrogens is 460 g/mol. The normalized spacial score (nSPS) is 24.1. The lowest BCUT2D eigenvalue weighted by Gasteiger charge is -2.44. The number of carbonyl (C=O) groups is 1. The third kappa shape index (κ3) is 6.95. The maximum absolute atomic E-state index is 13.0. The van der Waals surface area contributed by atoms with Crippen molar-refractivity contribution in [3.05, 3.63) is 108 Å². The zero-order chi connectivity index (χ0) is 24.5. The van der Waals surface area contributed by atoms with Crippen molar-refractivity contribution in [1.82, 2.24) is 0 Å². The van der Waals surface area contributed by atoms with Crippen molar-refractivity contribution in [2.45, 2.75) is 56.9 Å². The van der Waals surface area contributed by atoms with Crippen LogP contribution >= 0.6 is 11.8 Å². The number of benzene rings is 3. The zero-order valence-electron chi connectivity index (χ0n) is 20.1. The number of carbonyl (C=O) groups excluding carboxylic acids is 1. The van der Waals surface area contributed by atoms with Gasteiger partial charge in [0.2, 0.25) is 0 Å². The van der Waals surface area contributed by atoms with Crippen molar-refractivity contribution in [3.63, 3.8) is 0 Å². The minimum atomic E-state index is -0.624. The number of esters is 1. The molecule has 1 aliphatic heterocycles. The van der Waals surface area contributed by atoms with Crippen LogP contribution in [0, 0.1) is 0 Å². The van der Waals surface area contributed by atoms with Crippen LogP contribution in [0.25, 0.3) is 0 Å². The van der Waals surface area contributed by atoms with Crippen molar-refractivity contribution in [1.29, 1.82) is 0 Å². The Morgan fingerprint density at radius 1 is 0.771 bits per heavy atom. The maximum atomic E-state index is 13.0. The lowest BCUT2D eigenvalue weighted by molar-refractivity contribution is -0.228. The van der Waals surface area contributed by atoms with E-state index < -0.39 is 24.3 Å². The summed E-state index contributed by atoms with van der Waals surface area (Å²) in [4.78, 5) is 13.0. The molecule has 6 heteroatoms. The van der Waals surface area contributed by atoms with Gasteiger partial charge in [-0.25, -0.2) is 4.79 Å². The second-order valence-corrected chi connectivity index (χ2v) is 9.80. The zero-order valence-corrected chi connectivity index (χ0v) is 20.9. The second-order valence-electron chi connectivity index (χ2n) is 8.42. The molecule has 5 nitrogen and oxygen atoms in total. The Hall–Kier alpha value is -2.64. The minimum Gasteiger partial charge on any atom is -0.453 e. The van der Waals surface area contributed by atoms with Crippen LogP contribution in [-0.4, -0.2) is 41.6 Å². The Morgan fingerprint density at radius 2 is 1.29 bits per heavy atom. The van der Waals surface area contributed by atoms with Gasteiger partial charge in [-0.05, 0) is 35.9 Å². The van der Waals surface area contributed by atoms with Gasteiger partial charge in [0.15, 0.2) is 6.10 Å². The number of hydrogen-bond donors (Lipinski definition) is 0. The summed E-state index contributed by atoms with van der Waals surface area (Å²) in [6.45, 7) is 4.81. The van der Waals surface area contributed by atoms with E-state index in [1.165, 1.54) is 0 Å². The van der Waals surface area contributed by atoms with Crippen LogP contribution in [-0.2, 0) is 32.2 Å². The van der Waals surface area contributed by atoms with E-state index in [1.807, 2.05) is 85.8 Å². The van der Waals surface area contributed by atoms with Crippen LogP contribution < -0.4 is 0 Å². The molecule has 0 aromatic heterocycles. The highest BCUT2D eigenvalue weighted by Crippen LogP contribution is 2.35. The lowest BCUT2D eigenvalue weighted by atomic mass is 9.99. The highest BCUT2D eigenvalue weighted by atomic mass is 32.2. The molecule has 3 aromatic rings. The first-order valence-corrected chi connectivity index (χ1v) is 13.0. The molecule has 4 rings (SSSR count). The molecule has 1 aliphatic rings. The predicted molar refractivity (Wildman–Crippen MR) is 138 cm³/mol. The quantitative estimate of drug-likeness (QED) is 0.330. The largest absolute Gasteiger partial charge is 0.453 e. The minimum absolute atomic E-state index is 0.244. The molecule has 0 aliphatic carbocycles. The SMILES string of the molecule is CCS[C@H]1O[C@@H](C)[C@@H](OC(=O)c2ccccc2)[C@@H](OCc2ccccc2)[C@@H]1OCc1ccccc1. The molecule has 0 spiro atoms. The first kappa shape index (κ1) is 25.5. The number of rotatable bonds is 10. The van der Waals surface area contributed by atoms with E-state index in [1.54, 1.807) is 23.9 Å². The Morgan fingerprint density at radius 3 is 1.83 bits per heavy atom. The lowest BCUT2D eigenvalue weighted by Crippen LogP contribution is -2.59. The first-order valence-electron chi connectivity index (χ1n) is 12.0. The van der Waals surface area contributed by atoms with Gasteiger partial charge >= 0.3 is 5.97 Å². The molecule has 1 saturated heterocycles. The summed E-state index contributed by atoms with van der Waals surface area (Å²) in [5.74, 6) is 0.463. The number of thioether (sulfide) groups is 1. The molecule has 184 valence electrons. The Labute approximate surface area is 211 Å². The monoisotopic (exact) mass is 492 g/mol. The summed E-state index contributed by atoms with van der Waals surface area (Å²) in [6.07, 6.45) is -1.90. The van der Waals surface area contributed by atoms with E-state index in [2.05, 4.69) is 6.92 Å². The molecule has 1 fully saturated rings. The molecule has 3 aromatic carbocycles. The molecule has 0 N–H and O–H groups in total.